The number of phenolic OH excluding ortho intramolecular Hbond substituents is 1. The highest BCUT2D eigenvalue weighted by Crippen LogP contribution is 2.35. The molecule has 1 atom stereocenters. The van der Waals surface area contributed by atoms with Gasteiger partial charge in [-0.2, -0.15) is 0 Å². The van der Waals surface area contributed by atoms with Crippen molar-refractivity contribution in [2.24, 2.45) is 11.5 Å². The minimum absolute atomic E-state index is 0.200. The first-order valence-corrected chi connectivity index (χ1v) is 5.22. The summed E-state index contributed by atoms with van der Waals surface area (Å²) in [5.41, 5.74) is 14.0. The Kier molecular flexibility index (Phi) is 3.53. The molecule has 0 bridgehead atoms. The summed E-state index contributed by atoms with van der Waals surface area (Å²) in [5.74, 6) is 0.200. The molecule has 0 saturated carbocycles. The van der Waals surface area contributed by atoms with Gasteiger partial charge in [-0.1, -0.05) is 6.07 Å². The van der Waals surface area contributed by atoms with E-state index in [4.69, 9.17) is 11.5 Å². The molecule has 1 aromatic carbocycles. The van der Waals surface area contributed by atoms with Gasteiger partial charge in [-0.15, -0.1) is 0 Å². The van der Waals surface area contributed by atoms with Crippen LogP contribution in [0.5, 0.6) is 5.75 Å². The second-order valence-corrected chi connectivity index (χ2v) is 4.21. The van der Waals surface area contributed by atoms with Crippen LogP contribution in [0, 0.1) is 13.8 Å². The van der Waals surface area contributed by atoms with Gasteiger partial charge < -0.3 is 16.6 Å². The van der Waals surface area contributed by atoms with E-state index in [1.54, 1.807) is 0 Å². The Bertz CT molecular complexity index is 352. The molecule has 78 valence electrons. The van der Waals surface area contributed by atoms with Crippen molar-refractivity contribution < 1.29 is 5.11 Å². The van der Waals surface area contributed by atoms with E-state index in [1.807, 2.05) is 19.9 Å². The lowest BCUT2D eigenvalue weighted by molar-refractivity contribution is 0.457. The average Bonchev–Trinajstić information content (AvgIpc) is 2.19. The highest BCUT2D eigenvalue weighted by molar-refractivity contribution is 9.10. The van der Waals surface area contributed by atoms with Crippen molar-refractivity contribution in [1.29, 1.82) is 0 Å². The molecule has 3 nitrogen and oxygen atoms in total. The summed E-state index contributed by atoms with van der Waals surface area (Å²) < 4.78 is 0.705. The number of benzene rings is 1. The minimum Gasteiger partial charge on any atom is -0.506 e. The summed E-state index contributed by atoms with van der Waals surface area (Å²) in [6, 6.07) is 1.57. The number of aryl methyl sites for hydroxylation is 1. The molecule has 0 unspecified atom stereocenters. The predicted octanol–water partition coefficient (Wildman–Crippen LogP) is 1.73. The molecule has 0 spiro atoms. The van der Waals surface area contributed by atoms with Crippen LogP contribution in [0.25, 0.3) is 0 Å². The lowest BCUT2D eigenvalue weighted by Gasteiger charge is -2.15. The van der Waals surface area contributed by atoms with Gasteiger partial charge in [-0.3, -0.25) is 0 Å². The van der Waals surface area contributed by atoms with E-state index in [-0.39, 0.29) is 11.8 Å². The summed E-state index contributed by atoms with van der Waals surface area (Å²) in [4.78, 5) is 0. The molecule has 0 radical (unpaired) electrons. The molecule has 5 N–H and O–H groups in total. The number of halogens is 1. The fourth-order valence-electron chi connectivity index (χ4n) is 1.30. The van der Waals surface area contributed by atoms with Crippen LogP contribution in [0.4, 0.5) is 0 Å². The first kappa shape index (κ1) is 11.5. The van der Waals surface area contributed by atoms with Crippen LogP contribution in [0.2, 0.25) is 0 Å². The Morgan fingerprint density at radius 2 is 2.07 bits per heavy atom. The van der Waals surface area contributed by atoms with Crippen LogP contribution < -0.4 is 11.5 Å². The van der Waals surface area contributed by atoms with E-state index < -0.39 is 0 Å². The summed E-state index contributed by atoms with van der Waals surface area (Å²) in [6.45, 7) is 4.24. The predicted molar refractivity (Wildman–Crippen MR) is 61.3 cm³/mol. The van der Waals surface area contributed by atoms with Gasteiger partial charge in [0, 0.05) is 18.2 Å². The molecule has 0 saturated heterocycles. The molecule has 0 fully saturated rings. The molecule has 4 heteroatoms. The van der Waals surface area contributed by atoms with Crippen molar-refractivity contribution in [1.82, 2.24) is 0 Å². The molecular formula is C10H15BrN2O. The largest absolute Gasteiger partial charge is 0.506 e. The maximum absolute atomic E-state index is 9.82. The van der Waals surface area contributed by atoms with Crippen molar-refractivity contribution in [3.63, 3.8) is 0 Å². The zero-order chi connectivity index (χ0) is 10.9. The van der Waals surface area contributed by atoms with Crippen LogP contribution >= 0.6 is 15.9 Å². The van der Waals surface area contributed by atoms with Crippen LogP contribution in [-0.2, 0) is 0 Å². The number of nitrogens with two attached hydrogens (primary N) is 2. The van der Waals surface area contributed by atoms with E-state index >= 15 is 0 Å². The minimum atomic E-state index is -0.314. The number of phenols is 1. The van der Waals surface area contributed by atoms with Gasteiger partial charge >= 0.3 is 0 Å². The molecule has 0 heterocycles. The van der Waals surface area contributed by atoms with Gasteiger partial charge in [-0.25, -0.2) is 0 Å². The summed E-state index contributed by atoms with van der Waals surface area (Å²) >= 11 is 3.33. The summed E-state index contributed by atoms with van der Waals surface area (Å²) in [5, 5.41) is 9.82. The first-order chi connectivity index (χ1) is 6.49. The van der Waals surface area contributed by atoms with Gasteiger partial charge in [0.15, 0.2) is 0 Å². The normalized spacial score (nSPS) is 12.9. The van der Waals surface area contributed by atoms with Crippen LogP contribution in [-0.4, -0.2) is 11.7 Å². The second kappa shape index (κ2) is 4.29. The van der Waals surface area contributed by atoms with E-state index in [0.29, 0.717) is 16.6 Å². The maximum atomic E-state index is 9.82. The van der Waals surface area contributed by atoms with Gasteiger partial charge in [0.2, 0.25) is 0 Å². The quantitative estimate of drug-likeness (QED) is 0.757. The zero-order valence-electron chi connectivity index (χ0n) is 8.34. The monoisotopic (exact) mass is 258 g/mol. The highest BCUT2D eigenvalue weighted by Gasteiger charge is 2.15. The molecular weight excluding hydrogens is 244 g/mol. The average molecular weight is 259 g/mol. The Morgan fingerprint density at radius 3 is 2.57 bits per heavy atom. The number of aromatic hydroxyl groups is 1. The molecule has 14 heavy (non-hydrogen) atoms. The van der Waals surface area contributed by atoms with Gasteiger partial charge in [0.05, 0.1) is 4.47 Å². The van der Waals surface area contributed by atoms with Crippen LogP contribution in [0.15, 0.2) is 10.5 Å². The van der Waals surface area contributed by atoms with Crippen LogP contribution in [0.1, 0.15) is 22.7 Å². The highest BCUT2D eigenvalue weighted by atomic mass is 79.9. The van der Waals surface area contributed by atoms with Crippen LogP contribution in [0.3, 0.4) is 0 Å². The lowest BCUT2D eigenvalue weighted by Crippen LogP contribution is -2.21. The third kappa shape index (κ3) is 1.92. The molecule has 0 aliphatic heterocycles. The van der Waals surface area contributed by atoms with Crippen molar-refractivity contribution in [2.45, 2.75) is 19.9 Å². The fourth-order valence-corrected chi connectivity index (χ4v) is 1.84. The van der Waals surface area contributed by atoms with E-state index in [0.717, 1.165) is 11.1 Å². The smallest absolute Gasteiger partial charge is 0.134 e. The first-order valence-electron chi connectivity index (χ1n) is 4.43. The molecule has 1 rings (SSSR count). The van der Waals surface area contributed by atoms with Crippen molar-refractivity contribution in [3.8, 4) is 5.75 Å². The third-order valence-corrected chi connectivity index (χ3v) is 3.40. The topological polar surface area (TPSA) is 72.3 Å². The second-order valence-electron chi connectivity index (χ2n) is 3.41. The molecule has 0 aliphatic carbocycles. The summed E-state index contributed by atoms with van der Waals surface area (Å²) in [7, 11) is 0. The Balaban J connectivity index is 3.33. The maximum Gasteiger partial charge on any atom is 0.134 e. The van der Waals surface area contributed by atoms with Gasteiger partial charge in [-0.05, 0) is 40.9 Å². The fraction of sp³-hybridized carbons (Fsp3) is 0.400. The van der Waals surface area contributed by atoms with E-state index in [2.05, 4.69) is 15.9 Å². The molecule has 0 amide bonds. The zero-order valence-corrected chi connectivity index (χ0v) is 9.93. The van der Waals surface area contributed by atoms with Gasteiger partial charge in [0.25, 0.3) is 0 Å². The summed E-state index contributed by atoms with van der Waals surface area (Å²) in [6.07, 6.45) is 0. The number of hydrogen-bond donors (Lipinski definition) is 3. The Morgan fingerprint density at radius 1 is 1.50 bits per heavy atom. The standard InChI is InChI=1S/C10H15BrN2O/c1-5-3-7(8(13)4-12)10(14)9(11)6(5)2/h3,8,14H,4,12-13H2,1-2H3/t8-/m0/s1. The number of rotatable bonds is 2. The molecule has 0 aromatic heterocycles. The molecule has 0 aliphatic rings. The van der Waals surface area contributed by atoms with E-state index in [1.165, 1.54) is 0 Å². The SMILES string of the molecule is Cc1cc([C@@H](N)CN)c(O)c(Br)c1C. The number of hydrogen-bond acceptors (Lipinski definition) is 3. The van der Waals surface area contributed by atoms with E-state index in [9.17, 15) is 5.11 Å². The van der Waals surface area contributed by atoms with Crippen molar-refractivity contribution in [2.75, 3.05) is 6.54 Å². The lowest BCUT2D eigenvalue weighted by atomic mass is 10.0. The van der Waals surface area contributed by atoms with Crippen molar-refractivity contribution in [3.05, 3.63) is 27.2 Å². The Hall–Kier alpha value is -0.580. The van der Waals surface area contributed by atoms with Crippen molar-refractivity contribution >= 4 is 15.9 Å². The third-order valence-electron chi connectivity index (χ3n) is 2.43. The Labute approximate surface area is 92.2 Å². The van der Waals surface area contributed by atoms with Gasteiger partial charge in [0.1, 0.15) is 5.75 Å². The molecule has 1 aromatic rings.